The molecule has 0 aliphatic carbocycles. The number of hydrogen-bond acceptors (Lipinski definition) is 3. The molecule has 2 rings (SSSR count). The number of nitrogens with zero attached hydrogens (tertiary/aromatic N) is 3. The van der Waals surface area contributed by atoms with E-state index in [1.165, 1.54) is 0 Å². The van der Waals surface area contributed by atoms with Crippen molar-refractivity contribution in [2.45, 2.75) is 116 Å². The van der Waals surface area contributed by atoms with Crippen LogP contribution in [0.2, 0.25) is 33.2 Å². The number of pyridine rings is 1. The van der Waals surface area contributed by atoms with Crippen molar-refractivity contribution in [3.05, 3.63) is 29.7 Å². The Bertz CT molecular complexity index is 977. The number of fused-ring (bicyclic) bond motifs is 1. The van der Waals surface area contributed by atoms with Crippen molar-refractivity contribution < 1.29 is 0 Å². The maximum atomic E-state index is 4.93. The summed E-state index contributed by atoms with van der Waals surface area (Å²) in [6.45, 7) is 28.1. The fourth-order valence-electron chi connectivity index (χ4n) is 6.27. The Kier molecular flexibility index (Phi) is 9.31. The van der Waals surface area contributed by atoms with Gasteiger partial charge < -0.3 is 0 Å². The van der Waals surface area contributed by atoms with Gasteiger partial charge in [0.05, 0.1) is 0 Å². The number of hydrogen-bond donors (Lipinski definition) is 0. The van der Waals surface area contributed by atoms with Crippen LogP contribution in [-0.4, -0.2) is 31.1 Å². The third kappa shape index (κ3) is 5.32. The highest BCUT2D eigenvalue weighted by atomic mass is 28.3. The van der Waals surface area contributed by atoms with Crippen molar-refractivity contribution >= 4 is 27.3 Å². The molecular formula is C29H45N3Si2. The zero-order valence-electron chi connectivity index (χ0n) is 23.5. The first-order valence-corrected chi connectivity index (χ1v) is 17.5. The van der Waals surface area contributed by atoms with Crippen molar-refractivity contribution in [1.29, 1.82) is 0 Å². The Hall–Kier alpha value is -1.96. The van der Waals surface area contributed by atoms with Crippen LogP contribution < -0.4 is 0 Å². The van der Waals surface area contributed by atoms with E-state index in [9.17, 15) is 0 Å². The smallest absolute Gasteiger partial charge is 0.179 e. The Morgan fingerprint density at radius 3 is 1.35 bits per heavy atom. The van der Waals surface area contributed by atoms with Crippen LogP contribution in [0.4, 0.5) is 0 Å². The van der Waals surface area contributed by atoms with Gasteiger partial charge in [-0.05, 0) is 45.4 Å². The minimum Gasteiger partial charge on any atom is -0.235 e. The van der Waals surface area contributed by atoms with E-state index in [2.05, 4.69) is 111 Å². The topological polar surface area (TPSA) is 38.7 Å². The summed E-state index contributed by atoms with van der Waals surface area (Å²) in [7, 11) is -3.80. The van der Waals surface area contributed by atoms with Crippen LogP contribution in [-0.2, 0) is 0 Å². The molecule has 2 heterocycles. The van der Waals surface area contributed by atoms with E-state index < -0.39 is 16.1 Å². The molecular weight excluding hydrogens is 447 g/mol. The van der Waals surface area contributed by atoms with Crippen LogP contribution in [0.15, 0.2) is 18.3 Å². The van der Waals surface area contributed by atoms with Gasteiger partial charge in [0.15, 0.2) is 5.65 Å². The minimum atomic E-state index is -1.90. The first-order valence-electron chi connectivity index (χ1n) is 13.0. The fourth-order valence-corrected chi connectivity index (χ4v) is 16.7. The molecule has 0 fully saturated rings. The summed E-state index contributed by atoms with van der Waals surface area (Å²) >= 11 is 0. The van der Waals surface area contributed by atoms with E-state index in [1.807, 2.05) is 12.1 Å². The van der Waals surface area contributed by atoms with Crippen LogP contribution in [0.5, 0.6) is 0 Å². The second kappa shape index (κ2) is 11.2. The largest absolute Gasteiger partial charge is 0.235 e. The molecule has 2 aromatic rings. The molecule has 0 aliphatic rings. The summed E-state index contributed by atoms with van der Waals surface area (Å²) in [5.41, 5.74) is 13.8. The van der Waals surface area contributed by atoms with Crippen molar-refractivity contribution in [3.63, 3.8) is 0 Å². The van der Waals surface area contributed by atoms with E-state index in [-0.39, 0.29) is 0 Å². The molecule has 0 amide bonds. The summed E-state index contributed by atoms with van der Waals surface area (Å²) in [5.74, 6) is 7.06. The molecule has 2 aromatic heterocycles. The predicted octanol–water partition coefficient (Wildman–Crippen LogP) is 8.16. The van der Waals surface area contributed by atoms with E-state index >= 15 is 0 Å². The molecule has 184 valence electrons. The van der Waals surface area contributed by atoms with Crippen LogP contribution in [0.3, 0.4) is 0 Å². The molecule has 34 heavy (non-hydrogen) atoms. The normalized spacial score (nSPS) is 12.6. The molecule has 5 heteroatoms. The molecule has 0 spiro atoms. The summed E-state index contributed by atoms with van der Waals surface area (Å²) in [4.78, 5) is 14.3. The average Bonchev–Trinajstić information content (AvgIpc) is 2.73. The second-order valence-electron chi connectivity index (χ2n) is 11.6. The van der Waals surface area contributed by atoms with Gasteiger partial charge in [-0.3, -0.25) is 0 Å². The highest BCUT2D eigenvalue weighted by molar-refractivity contribution is 6.91. The van der Waals surface area contributed by atoms with Gasteiger partial charge in [0.25, 0.3) is 0 Å². The number of rotatable bonds is 6. The van der Waals surface area contributed by atoms with Gasteiger partial charge in [-0.1, -0.05) is 94.9 Å². The summed E-state index contributed by atoms with van der Waals surface area (Å²) < 4.78 is 0. The Labute approximate surface area is 211 Å². The molecule has 0 N–H and O–H groups in total. The van der Waals surface area contributed by atoms with E-state index in [1.54, 1.807) is 6.20 Å². The summed E-state index contributed by atoms with van der Waals surface area (Å²) in [6.07, 6.45) is 1.77. The lowest BCUT2D eigenvalue weighted by Crippen LogP contribution is -2.43. The summed E-state index contributed by atoms with van der Waals surface area (Å²) in [6, 6.07) is 3.87. The molecule has 0 atom stereocenters. The van der Waals surface area contributed by atoms with Gasteiger partial charge in [-0.2, -0.15) is 0 Å². The predicted molar refractivity (Wildman–Crippen MR) is 153 cm³/mol. The average molecular weight is 492 g/mol. The lowest BCUT2D eigenvalue weighted by atomic mass is 10.3. The highest BCUT2D eigenvalue weighted by Gasteiger charge is 2.42. The quantitative estimate of drug-likeness (QED) is 0.302. The third-order valence-corrected chi connectivity index (χ3v) is 20.5. The van der Waals surface area contributed by atoms with Crippen molar-refractivity contribution in [1.82, 2.24) is 15.0 Å². The second-order valence-corrected chi connectivity index (χ2v) is 22.7. The first kappa shape index (κ1) is 28.3. The van der Waals surface area contributed by atoms with Crippen LogP contribution >= 0.6 is 0 Å². The van der Waals surface area contributed by atoms with E-state index in [4.69, 9.17) is 9.97 Å². The third-order valence-electron chi connectivity index (χ3n) is 7.97. The monoisotopic (exact) mass is 491 g/mol. The lowest BCUT2D eigenvalue weighted by molar-refractivity contribution is 0.838. The lowest BCUT2D eigenvalue weighted by Gasteiger charge is -2.38. The van der Waals surface area contributed by atoms with Crippen LogP contribution in [0.1, 0.15) is 94.5 Å². The zero-order valence-corrected chi connectivity index (χ0v) is 25.5. The fraction of sp³-hybridized carbons (Fsp3) is 0.621. The minimum absolute atomic E-state index is 0.559. The van der Waals surface area contributed by atoms with E-state index in [0.717, 1.165) is 5.52 Å². The van der Waals surface area contributed by atoms with Gasteiger partial charge in [-0.15, -0.1) is 11.1 Å². The standard InChI is InChI=1S/C29H45N3Si2/c1-20(2)33(21(3)4,22(5)6)18-15-26-27(32-29-28(31-26)14-13-17-30-29)16-19-34(23(7)8,24(9)10)25(11)12/h13-14,17,20-25H,1-12H3. The SMILES string of the molecule is CC(C)[Si](C#Cc1nc2cccnc2nc1C#C[Si](C(C)C)(C(C)C)C(C)C)(C(C)C)C(C)C. The number of aromatic nitrogens is 3. The van der Waals surface area contributed by atoms with E-state index in [0.29, 0.717) is 50.3 Å². The van der Waals surface area contributed by atoms with Crippen LogP contribution in [0.25, 0.3) is 11.2 Å². The van der Waals surface area contributed by atoms with Gasteiger partial charge >= 0.3 is 0 Å². The molecule has 0 saturated carbocycles. The van der Waals surface area contributed by atoms with Gasteiger partial charge in [0, 0.05) is 6.20 Å². The molecule has 0 radical (unpaired) electrons. The van der Waals surface area contributed by atoms with Crippen LogP contribution in [0, 0.1) is 22.9 Å². The van der Waals surface area contributed by atoms with Gasteiger partial charge in [0.1, 0.15) is 33.1 Å². The molecule has 0 saturated heterocycles. The maximum Gasteiger partial charge on any atom is 0.179 e. The Balaban J connectivity index is 2.83. The molecule has 0 aliphatic heterocycles. The molecule has 3 nitrogen and oxygen atoms in total. The molecule has 0 unspecified atom stereocenters. The zero-order chi connectivity index (χ0) is 25.8. The van der Waals surface area contributed by atoms with Crippen molar-refractivity contribution in [3.8, 4) is 22.9 Å². The van der Waals surface area contributed by atoms with Crippen molar-refractivity contribution in [2.24, 2.45) is 0 Å². The Morgan fingerprint density at radius 1 is 0.588 bits per heavy atom. The van der Waals surface area contributed by atoms with Crippen molar-refractivity contribution in [2.75, 3.05) is 0 Å². The highest BCUT2D eigenvalue weighted by Crippen LogP contribution is 2.42. The molecule has 0 aromatic carbocycles. The first-order chi connectivity index (χ1) is 15.8. The maximum absolute atomic E-state index is 4.93. The molecule has 0 bridgehead atoms. The summed E-state index contributed by atoms with van der Waals surface area (Å²) in [5, 5.41) is 0. The van der Waals surface area contributed by atoms with Gasteiger partial charge in [0.2, 0.25) is 0 Å². The van der Waals surface area contributed by atoms with Gasteiger partial charge in [-0.25, -0.2) is 15.0 Å². The Morgan fingerprint density at radius 2 is 0.971 bits per heavy atom.